The van der Waals surface area contributed by atoms with Gasteiger partial charge in [0.1, 0.15) is 0 Å². The monoisotopic (exact) mass is 237 g/mol. The summed E-state index contributed by atoms with van der Waals surface area (Å²) in [7, 11) is 0. The summed E-state index contributed by atoms with van der Waals surface area (Å²) < 4.78 is 0. The van der Waals surface area contributed by atoms with Crippen molar-refractivity contribution in [2.75, 3.05) is 0 Å². The Kier molecular flexibility index (Phi) is 3.98. The highest BCUT2D eigenvalue weighted by Gasteiger charge is 1.98. The highest BCUT2D eigenvalue weighted by Crippen LogP contribution is 2.14. The lowest BCUT2D eigenvalue weighted by atomic mass is 10.0. The first-order valence-corrected chi connectivity index (χ1v) is 5.47. The molecule has 0 aliphatic heterocycles. The first kappa shape index (κ1) is 10.3. The number of aryl methyl sites for hydroxylation is 1. The number of hydrogen-bond acceptors (Lipinski definition) is 1. The summed E-state index contributed by atoms with van der Waals surface area (Å²) in [4.78, 5) is 0. The molecule has 0 radical (unpaired) electrons. The summed E-state index contributed by atoms with van der Waals surface area (Å²) in [5, 5.41) is 9.45. The van der Waals surface area contributed by atoms with Crippen LogP contribution in [0.1, 0.15) is 23.6 Å². The number of nitriles is 1. The first-order chi connectivity index (χ1) is 6.30. The van der Waals surface area contributed by atoms with Crippen molar-refractivity contribution in [3.05, 3.63) is 34.9 Å². The Balaban J connectivity index is 3.01. The van der Waals surface area contributed by atoms with Gasteiger partial charge in [-0.2, -0.15) is 5.26 Å². The molecule has 0 aromatic heterocycles. The summed E-state index contributed by atoms with van der Waals surface area (Å²) in [5.41, 5.74) is 3.68. The maximum atomic E-state index is 8.59. The third-order valence-corrected chi connectivity index (χ3v) is 2.61. The Hall–Kier alpha value is -0.810. The zero-order valence-electron chi connectivity index (χ0n) is 7.68. The van der Waals surface area contributed by atoms with Crippen LogP contribution in [-0.2, 0) is 18.2 Å². The van der Waals surface area contributed by atoms with Crippen LogP contribution in [-0.4, -0.2) is 0 Å². The molecule has 0 spiro atoms. The summed E-state index contributed by atoms with van der Waals surface area (Å²) in [6, 6.07) is 8.53. The Labute approximate surface area is 87.5 Å². The van der Waals surface area contributed by atoms with Crippen molar-refractivity contribution in [3.8, 4) is 6.07 Å². The molecule has 0 N–H and O–H groups in total. The van der Waals surface area contributed by atoms with E-state index in [2.05, 4.69) is 47.1 Å². The number of nitrogens with zero attached hydrogens (tertiary/aromatic N) is 1. The number of benzene rings is 1. The van der Waals surface area contributed by atoms with Crippen molar-refractivity contribution >= 4 is 15.9 Å². The van der Waals surface area contributed by atoms with E-state index in [-0.39, 0.29) is 0 Å². The van der Waals surface area contributed by atoms with Crippen LogP contribution in [0, 0.1) is 11.3 Å². The van der Waals surface area contributed by atoms with Crippen molar-refractivity contribution in [1.29, 1.82) is 5.26 Å². The zero-order valence-corrected chi connectivity index (χ0v) is 9.26. The number of hydrogen-bond donors (Lipinski definition) is 0. The molecule has 1 nitrogen and oxygen atoms in total. The smallest absolute Gasteiger partial charge is 0.0669 e. The quantitative estimate of drug-likeness (QED) is 0.741. The predicted octanol–water partition coefficient (Wildman–Crippen LogP) is 3.21. The van der Waals surface area contributed by atoms with E-state index in [1.165, 1.54) is 11.1 Å². The lowest BCUT2D eigenvalue weighted by molar-refractivity contribution is 1.11. The van der Waals surface area contributed by atoms with Gasteiger partial charge in [-0.15, -0.1) is 0 Å². The van der Waals surface area contributed by atoms with Crippen molar-refractivity contribution < 1.29 is 0 Å². The van der Waals surface area contributed by atoms with Crippen molar-refractivity contribution in [3.63, 3.8) is 0 Å². The first-order valence-electron chi connectivity index (χ1n) is 4.34. The summed E-state index contributed by atoms with van der Waals surface area (Å²) in [6.07, 6.45) is 1.53. The molecule has 13 heavy (non-hydrogen) atoms. The van der Waals surface area contributed by atoms with Gasteiger partial charge >= 0.3 is 0 Å². The minimum Gasteiger partial charge on any atom is -0.198 e. The highest BCUT2D eigenvalue weighted by atomic mass is 79.9. The molecule has 0 saturated carbocycles. The maximum absolute atomic E-state index is 8.59. The fraction of sp³-hybridized carbons (Fsp3) is 0.364. The molecule has 68 valence electrons. The van der Waals surface area contributed by atoms with E-state index in [1.54, 1.807) is 0 Å². The molecule has 0 atom stereocenters. The molecule has 0 saturated heterocycles. The second-order valence-corrected chi connectivity index (χ2v) is 3.54. The van der Waals surface area contributed by atoms with Crippen LogP contribution in [0.2, 0.25) is 0 Å². The van der Waals surface area contributed by atoms with Gasteiger partial charge in [0.15, 0.2) is 0 Å². The van der Waals surface area contributed by atoms with Gasteiger partial charge in [0.05, 0.1) is 12.5 Å². The van der Waals surface area contributed by atoms with Gasteiger partial charge in [-0.1, -0.05) is 41.1 Å². The van der Waals surface area contributed by atoms with Gasteiger partial charge in [0.2, 0.25) is 0 Å². The van der Waals surface area contributed by atoms with Gasteiger partial charge in [-0.25, -0.2) is 0 Å². The molecule has 1 rings (SSSR count). The van der Waals surface area contributed by atoms with E-state index >= 15 is 0 Å². The van der Waals surface area contributed by atoms with E-state index in [1.807, 2.05) is 0 Å². The van der Waals surface area contributed by atoms with Gasteiger partial charge < -0.3 is 0 Å². The average molecular weight is 238 g/mol. The van der Waals surface area contributed by atoms with Crippen LogP contribution in [0.5, 0.6) is 0 Å². The number of halogens is 1. The van der Waals surface area contributed by atoms with Crippen molar-refractivity contribution in [2.45, 2.75) is 25.1 Å². The molecule has 1 aromatic carbocycles. The molecular formula is C11H12BrN. The van der Waals surface area contributed by atoms with Gasteiger partial charge in [0, 0.05) is 5.33 Å². The van der Waals surface area contributed by atoms with Gasteiger partial charge in [0.25, 0.3) is 0 Å². The molecule has 0 fully saturated rings. The molecule has 0 amide bonds. The molecule has 2 heteroatoms. The normalized spacial score (nSPS) is 9.62. The Bertz CT molecular complexity index is 303. The Morgan fingerprint density at radius 2 is 1.85 bits per heavy atom. The topological polar surface area (TPSA) is 23.8 Å². The lowest BCUT2D eigenvalue weighted by Gasteiger charge is -2.03. The third-order valence-electron chi connectivity index (χ3n) is 1.96. The Morgan fingerprint density at radius 1 is 1.23 bits per heavy atom. The van der Waals surface area contributed by atoms with E-state index in [9.17, 15) is 0 Å². The summed E-state index contributed by atoms with van der Waals surface area (Å²) in [6.45, 7) is 2.13. The van der Waals surface area contributed by atoms with Crippen LogP contribution in [0.15, 0.2) is 18.2 Å². The lowest BCUT2D eigenvalue weighted by Crippen LogP contribution is -1.90. The molecule has 0 heterocycles. The number of rotatable bonds is 3. The van der Waals surface area contributed by atoms with Crippen LogP contribution in [0.25, 0.3) is 0 Å². The van der Waals surface area contributed by atoms with E-state index in [0.29, 0.717) is 6.42 Å². The minimum absolute atomic E-state index is 0.508. The SMILES string of the molecule is CCc1cc(CBr)cc(CC#N)c1. The second-order valence-electron chi connectivity index (χ2n) is 2.98. The van der Waals surface area contributed by atoms with Crippen LogP contribution < -0.4 is 0 Å². The summed E-state index contributed by atoms with van der Waals surface area (Å²) in [5.74, 6) is 0. The molecule has 0 aliphatic rings. The third kappa shape index (κ3) is 2.86. The van der Waals surface area contributed by atoms with Gasteiger partial charge in [-0.05, 0) is 23.1 Å². The molecule has 0 bridgehead atoms. The standard InChI is InChI=1S/C11H12BrN/c1-2-9-5-10(3-4-13)7-11(6-9)8-12/h5-7H,2-3,8H2,1H3. The average Bonchev–Trinajstić information content (AvgIpc) is 2.17. The van der Waals surface area contributed by atoms with Crippen LogP contribution in [0.3, 0.4) is 0 Å². The fourth-order valence-corrected chi connectivity index (χ4v) is 1.64. The maximum Gasteiger partial charge on any atom is 0.0669 e. The number of alkyl halides is 1. The summed E-state index contributed by atoms with van der Waals surface area (Å²) >= 11 is 3.42. The highest BCUT2D eigenvalue weighted by molar-refractivity contribution is 9.08. The predicted molar refractivity (Wildman–Crippen MR) is 57.8 cm³/mol. The minimum atomic E-state index is 0.508. The van der Waals surface area contributed by atoms with Crippen LogP contribution in [0.4, 0.5) is 0 Å². The molecule has 0 aliphatic carbocycles. The van der Waals surface area contributed by atoms with Crippen molar-refractivity contribution in [1.82, 2.24) is 0 Å². The molecule has 1 aromatic rings. The van der Waals surface area contributed by atoms with E-state index < -0.39 is 0 Å². The molecular weight excluding hydrogens is 226 g/mol. The van der Waals surface area contributed by atoms with E-state index in [0.717, 1.165) is 17.3 Å². The van der Waals surface area contributed by atoms with Crippen LogP contribution >= 0.6 is 15.9 Å². The molecule has 0 unspecified atom stereocenters. The zero-order chi connectivity index (χ0) is 9.68. The van der Waals surface area contributed by atoms with E-state index in [4.69, 9.17) is 5.26 Å². The van der Waals surface area contributed by atoms with Gasteiger partial charge in [-0.3, -0.25) is 0 Å². The Morgan fingerprint density at radius 3 is 2.38 bits per heavy atom. The second kappa shape index (κ2) is 5.04. The fourth-order valence-electron chi connectivity index (χ4n) is 1.31. The van der Waals surface area contributed by atoms with Crippen molar-refractivity contribution in [2.24, 2.45) is 0 Å². The largest absolute Gasteiger partial charge is 0.198 e.